The highest BCUT2D eigenvalue weighted by Gasteiger charge is 2.01. The fraction of sp³-hybridized carbons (Fsp3) is 0.267. The maximum Gasteiger partial charge on any atom is 0.123 e. The highest BCUT2D eigenvalue weighted by Crippen LogP contribution is 2.16. The molecule has 0 fully saturated rings. The molecule has 2 rings (SSSR count). The first-order valence-corrected chi connectivity index (χ1v) is 6.04. The molecular weight excluding hydrogens is 224 g/mol. The quantitative estimate of drug-likeness (QED) is 0.875. The van der Waals surface area contributed by atoms with E-state index in [0.29, 0.717) is 0 Å². The maximum absolute atomic E-state index is 5.31. The van der Waals surface area contributed by atoms with Crippen LogP contribution in [0.5, 0.6) is 5.75 Å². The lowest BCUT2D eigenvalue weighted by Crippen LogP contribution is -2.14. The van der Waals surface area contributed by atoms with Crippen molar-refractivity contribution in [3.8, 4) is 5.75 Å². The van der Waals surface area contributed by atoms with Gasteiger partial charge in [0.2, 0.25) is 0 Å². The summed E-state index contributed by atoms with van der Waals surface area (Å²) >= 11 is 0. The van der Waals surface area contributed by atoms with Crippen molar-refractivity contribution in [1.29, 1.82) is 0 Å². The monoisotopic (exact) mass is 242 g/mol. The summed E-state index contributed by atoms with van der Waals surface area (Å²) < 4.78 is 5.31. The van der Waals surface area contributed by atoms with E-state index in [9.17, 15) is 0 Å². The molecule has 0 aliphatic rings. The van der Waals surface area contributed by atoms with E-state index in [4.69, 9.17) is 4.74 Å². The second-order valence-corrected chi connectivity index (χ2v) is 4.24. The second kappa shape index (κ2) is 6.17. The number of methoxy groups -OCH3 is 1. The van der Waals surface area contributed by atoms with Crippen LogP contribution in [0.3, 0.4) is 0 Å². The minimum atomic E-state index is 0.762. The zero-order valence-corrected chi connectivity index (χ0v) is 10.8. The summed E-state index contributed by atoms with van der Waals surface area (Å²) in [6, 6.07) is 12.2. The van der Waals surface area contributed by atoms with Crippen LogP contribution in [0.15, 0.2) is 42.6 Å². The summed E-state index contributed by atoms with van der Waals surface area (Å²) in [5.41, 5.74) is 3.39. The predicted octanol–water partition coefficient (Wildman–Crippen LogP) is 2.69. The van der Waals surface area contributed by atoms with Crippen LogP contribution in [0, 0.1) is 6.92 Å². The first-order valence-electron chi connectivity index (χ1n) is 6.04. The molecular formula is C15H18N2O. The van der Waals surface area contributed by atoms with E-state index in [1.807, 2.05) is 37.4 Å². The van der Waals surface area contributed by atoms with Gasteiger partial charge in [-0.05, 0) is 24.6 Å². The second-order valence-electron chi connectivity index (χ2n) is 4.24. The van der Waals surface area contributed by atoms with E-state index in [1.165, 1.54) is 5.56 Å². The minimum Gasteiger partial charge on any atom is -0.496 e. The van der Waals surface area contributed by atoms with Crippen LogP contribution >= 0.6 is 0 Å². The zero-order chi connectivity index (χ0) is 12.8. The number of nitrogens with zero attached hydrogens (tertiary/aromatic N) is 1. The number of aromatic nitrogens is 1. The predicted molar refractivity (Wildman–Crippen MR) is 72.5 cm³/mol. The van der Waals surface area contributed by atoms with Crippen LogP contribution in [0.2, 0.25) is 0 Å². The Balaban J connectivity index is 1.90. The molecule has 1 aromatic heterocycles. The van der Waals surface area contributed by atoms with Gasteiger partial charge in [-0.25, -0.2) is 0 Å². The standard InChI is InChI=1S/C15H18N2O/c1-12-7-8-14(17-9-12)11-16-10-13-5-3-4-6-15(13)18-2/h3-9,16H,10-11H2,1-2H3. The molecule has 0 spiro atoms. The third kappa shape index (κ3) is 3.31. The van der Waals surface area contributed by atoms with Crippen molar-refractivity contribution < 1.29 is 4.74 Å². The summed E-state index contributed by atoms with van der Waals surface area (Å²) in [6.45, 7) is 3.58. The normalized spacial score (nSPS) is 10.3. The molecule has 3 heteroatoms. The summed E-state index contributed by atoms with van der Waals surface area (Å²) in [5, 5.41) is 3.37. The smallest absolute Gasteiger partial charge is 0.123 e. The fourth-order valence-corrected chi connectivity index (χ4v) is 1.78. The van der Waals surface area contributed by atoms with Gasteiger partial charge in [-0.2, -0.15) is 0 Å². The first kappa shape index (κ1) is 12.6. The van der Waals surface area contributed by atoms with Crippen molar-refractivity contribution in [2.45, 2.75) is 20.0 Å². The molecule has 1 N–H and O–H groups in total. The molecule has 0 aliphatic carbocycles. The maximum atomic E-state index is 5.31. The number of hydrogen-bond donors (Lipinski definition) is 1. The highest BCUT2D eigenvalue weighted by atomic mass is 16.5. The van der Waals surface area contributed by atoms with Crippen LogP contribution in [0.1, 0.15) is 16.8 Å². The molecule has 1 aromatic carbocycles. The lowest BCUT2D eigenvalue weighted by atomic mass is 10.2. The SMILES string of the molecule is COc1ccccc1CNCc1ccc(C)cn1. The van der Waals surface area contributed by atoms with Gasteiger partial charge < -0.3 is 10.1 Å². The number of rotatable bonds is 5. The van der Waals surface area contributed by atoms with Crippen LogP contribution in [-0.4, -0.2) is 12.1 Å². The molecule has 0 aliphatic heterocycles. The lowest BCUT2D eigenvalue weighted by Gasteiger charge is -2.09. The van der Waals surface area contributed by atoms with Gasteiger partial charge >= 0.3 is 0 Å². The van der Waals surface area contributed by atoms with Crippen molar-refractivity contribution >= 4 is 0 Å². The Morgan fingerprint density at radius 3 is 2.67 bits per heavy atom. The van der Waals surface area contributed by atoms with Crippen LogP contribution in [-0.2, 0) is 13.1 Å². The third-order valence-electron chi connectivity index (χ3n) is 2.79. The molecule has 1 heterocycles. The molecule has 2 aromatic rings. The van der Waals surface area contributed by atoms with E-state index >= 15 is 0 Å². The largest absolute Gasteiger partial charge is 0.496 e. The Kier molecular flexibility index (Phi) is 4.31. The molecule has 0 atom stereocenters. The number of para-hydroxylation sites is 1. The summed E-state index contributed by atoms with van der Waals surface area (Å²) in [7, 11) is 1.69. The van der Waals surface area contributed by atoms with Gasteiger partial charge in [0, 0.05) is 24.8 Å². The van der Waals surface area contributed by atoms with E-state index in [2.05, 4.69) is 22.4 Å². The van der Waals surface area contributed by atoms with Gasteiger partial charge in [-0.3, -0.25) is 4.98 Å². The molecule has 0 bridgehead atoms. The molecule has 0 amide bonds. The first-order chi connectivity index (χ1) is 8.79. The number of pyridine rings is 1. The van der Waals surface area contributed by atoms with Crippen molar-refractivity contribution in [3.05, 3.63) is 59.4 Å². The van der Waals surface area contributed by atoms with Crippen LogP contribution in [0.25, 0.3) is 0 Å². The van der Waals surface area contributed by atoms with E-state index in [0.717, 1.165) is 30.1 Å². The average molecular weight is 242 g/mol. The Labute approximate surface area is 108 Å². The Morgan fingerprint density at radius 1 is 1.11 bits per heavy atom. The third-order valence-corrected chi connectivity index (χ3v) is 2.79. The Morgan fingerprint density at radius 2 is 1.94 bits per heavy atom. The summed E-state index contributed by atoms with van der Waals surface area (Å²) in [6.07, 6.45) is 1.89. The van der Waals surface area contributed by atoms with E-state index in [1.54, 1.807) is 7.11 Å². The fourth-order valence-electron chi connectivity index (χ4n) is 1.78. The average Bonchev–Trinajstić information content (AvgIpc) is 2.41. The summed E-state index contributed by atoms with van der Waals surface area (Å²) in [5.74, 6) is 0.918. The molecule has 0 unspecified atom stereocenters. The molecule has 18 heavy (non-hydrogen) atoms. The molecule has 3 nitrogen and oxygen atoms in total. The number of ether oxygens (including phenoxy) is 1. The van der Waals surface area contributed by atoms with Crippen molar-refractivity contribution in [3.63, 3.8) is 0 Å². The van der Waals surface area contributed by atoms with Gasteiger partial charge in [0.05, 0.1) is 12.8 Å². The lowest BCUT2D eigenvalue weighted by molar-refractivity contribution is 0.407. The van der Waals surface area contributed by atoms with Crippen molar-refractivity contribution in [2.75, 3.05) is 7.11 Å². The van der Waals surface area contributed by atoms with E-state index in [-0.39, 0.29) is 0 Å². The zero-order valence-electron chi connectivity index (χ0n) is 10.8. The number of aryl methyl sites for hydroxylation is 1. The van der Waals surface area contributed by atoms with Gasteiger partial charge in [0.25, 0.3) is 0 Å². The molecule has 0 radical (unpaired) electrons. The van der Waals surface area contributed by atoms with Crippen LogP contribution < -0.4 is 10.1 Å². The number of benzene rings is 1. The molecule has 0 saturated heterocycles. The Bertz CT molecular complexity index is 494. The van der Waals surface area contributed by atoms with Gasteiger partial charge in [-0.15, -0.1) is 0 Å². The van der Waals surface area contributed by atoms with Gasteiger partial charge in [0.15, 0.2) is 0 Å². The Hall–Kier alpha value is -1.87. The van der Waals surface area contributed by atoms with Gasteiger partial charge in [0.1, 0.15) is 5.75 Å². The number of nitrogens with one attached hydrogen (secondary N) is 1. The summed E-state index contributed by atoms with van der Waals surface area (Å²) in [4.78, 5) is 4.36. The van der Waals surface area contributed by atoms with Crippen molar-refractivity contribution in [2.24, 2.45) is 0 Å². The van der Waals surface area contributed by atoms with Gasteiger partial charge in [-0.1, -0.05) is 24.3 Å². The minimum absolute atomic E-state index is 0.762. The molecule has 0 saturated carbocycles. The van der Waals surface area contributed by atoms with Crippen molar-refractivity contribution in [1.82, 2.24) is 10.3 Å². The topological polar surface area (TPSA) is 34.1 Å². The number of hydrogen-bond acceptors (Lipinski definition) is 3. The highest BCUT2D eigenvalue weighted by molar-refractivity contribution is 5.33. The van der Waals surface area contributed by atoms with E-state index < -0.39 is 0 Å². The van der Waals surface area contributed by atoms with Crippen LogP contribution in [0.4, 0.5) is 0 Å². The molecule has 94 valence electrons.